The first-order valence-corrected chi connectivity index (χ1v) is 2.83. The molecule has 0 amide bonds. The Morgan fingerprint density at radius 2 is 2.25 bits per heavy atom. The molecule has 0 aromatic heterocycles. The van der Waals surface area contributed by atoms with E-state index >= 15 is 0 Å². The molecule has 0 bridgehead atoms. The first-order valence-electron chi connectivity index (χ1n) is 0.716. The molecule has 1 N–H and O–H groups in total. The van der Waals surface area contributed by atoms with Crippen molar-refractivity contribution in [1.29, 1.82) is 0 Å². The number of hydrogen-bond donors (Lipinski definition) is 3. The van der Waals surface area contributed by atoms with Crippen molar-refractivity contribution in [2.45, 2.75) is 0 Å². The number of rotatable bonds is 0. The Hall–Kier alpha value is 0.530. The third-order valence-corrected chi connectivity index (χ3v) is 0.465. The molecular formula is CH4OS2. The molecule has 4 heavy (non-hydrogen) atoms. The van der Waals surface area contributed by atoms with E-state index in [9.17, 15) is 0 Å². The molecule has 0 aromatic carbocycles. The van der Waals surface area contributed by atoms with Gasteiger partial charge < -0.3 is 5.11 Å². The van der Waals surface area contributed by atoms with Crippen molar-refractivity contribution in [1.82, 2.24) is 0 Å². The Kier molecular flexibility index (Phi) is 4.00. The van der Waals surface area contributed by atoms with Gasteiger partial charge in [0.15, 0.2) is 0 Å². The molecule has 0 heterocycles. The summed E-state index contributed by atoms with van der Waals surface area (Å²) in [5.41, 5.74) is 0.961. The summed E-state index contributed by atoms with van der Waals surface area (Å²) in [7, 11) is 0.623. The topological polar surface area (TPSA) is 20.2 Å². The van der Waals surface area contributed by atoms with Gasteiger partial charge in [0.25, 0.3) is 0 Å². The summed E-state index contributed by atoms with van der Waals surface area (Å²) >= 11 is 3.59. The summed E-state index contributed by atoms with van der Waals surface area (Å²) in [6.07, 6.45) is 0. The maximum absolute atomic E-state index is 7.66. The summed E-state index contributed by atoms with van der Waals surface area (Å²) in [6.45, 7) is 0. The van der Waals surface area contributed by atoms with E-state index in [2.05, 4.69) is 11.7 Å². The van der Waals surface area contributed by atoms with Gasteiger partial charge in [0.2, 0.25) is 0 Å². The number of hydrogen-bond acceptors (Lipinski definition) is 1. The summed E-state index contributed by atoms with van der Waals surface area (Å²) in [5, 5.41) is 7.66. The minimum absolute atomic E-state index is 0.623. The van der Waals surface area contributed by atoms with E-state index in [1.54, 1.807) is 0 Å². The summed E-state index contributed by atoms with van der Waals surface area (Å²) in [4.78, 5) is 0. The van der Waals surface area contributed by atoms with Crippen LogP contribution in [0.25, 0.3) is 0 Å². The minimum Gasteiger partial charge on any atom is -0.362 e. The fourth-order valence-corrected chi connectivity index (χ4v) is 0. The van der Waals surface area contributed by atoms with Crippen LogP contribution >= 0.6 is 22.0 Å². The molecule has 0 unspecified atom stereocenters. The average Bonchev–Trinajstić information content (AvgIpc) is 1.37. The molecule has 0 fully saturated rings. The lowest BCUT2D eigenvalue weighted by Crippen LogP contribution is -1.45. The Labute approximate surface area is 33.4 Å². The Morgan fingerprint density at radius 1 is 2.00 bits per heavy atom. The molecule has 0 spiro atoms. The lowest BCUT2D eigenvalue weighted by atomic mass is 11.8. The quantitative estimate of drug-likeness (QED) is 0.229. The van der Waals surface area contributed by atoms with Crippen molar-refractivity contribution in [3.05, 3.63) is 0 Å². The van der Waals surface area contributed by atoms with Crippen LogP contribution < -0.4 is 0 Å². The van der Waals surface area contributed by atoms with E-state index in [0.717, 1.165) is 5.55 Å². The van der Waals surface area contributed by atoms with Gasteiger partial charge in [-0.25, -0.2) is 0 Å². The lowest BCUT2D eigenvalue weighted by Gasteiger charge is -1.52. The first-order chi connectivity index (χ1) is 1.91. The summed E-state index contributed by atoms with van der Waals surface area (Å²) < 4.78 is 0. The highest BCUT2D eigenvalue weighted by Gasteiger charge is 1.32. The van der Waals surface area contributed by atoms with Gasteiger partial charge in [0.1, 0.15) is 0 Å². The highest BCUT2D eigenvalue weighted by atomic mass is 33.1. The Bertz CT molecular complexity index is 21.2. The van der Waals surface area contributed by atoms with Gasteiger partial charge in [-0.1, -0.05) is 0 Å². The van der Waals surface area contributed by atoms with Crippen LogP contribution in [-0.2, 0) is 0 Å². The van der Waals surface area contributed by atoms with Gasteiger partial charge in [-0.2, -0.15) is 0 Å². The molecule has 26 valence electrons. The van der Waals surface area contributed by atoms with Crippen LogP contribution in [0.1, 0.15) is 0 Å². The number of thiol groups is 2. The van der Waals surface area contributed by atoms with Crippen molar-refractivity contribution >= 4 is 27.6 Å². The molecule has 0 rings (SSSR count). The van der Waals surface area contributed by atoms with E-state index in [1.807, 2.05) is 0 Å². The zero-order chi connectivity index (χ0) is 3.41. The number of aliphatic hydroxyl groups is 1. The molecule has 3 heteroatoms. The molecule has 0 aliphatic rings. The molecule has 0 saturated heterocycles. The molecule has 0 atom stereocenters. The lowest BCUT2D eigenvalue weighted by molar-refractivity contribution is 0.593. The molecule has 0 saturated carbocycles. The highest BCUT2D eigenvalue weighted by molar-refractivity contribution is 8.66. The van der Waals surface area contributed by atoms with Crippen LogP contribution in [0, 0.1) is 0 Å². The Morgan fingerprint density at radius 3 is 2.25 bits per heavy atom. The van der Waals surface area contributed by atoms with E-state index in [-0.39, 0.29) is 0 Å². The summed E-state index contributed by atoms with van der Waals surface area (Å²) in [6, 6.07) is 0. The van der Waals surface area contributed by atoms with Crippen LogP contribution in [0.2, 0.25) is 0 Å². The van der Waals surface area contributed by atoms with Crippen molar-refractivity contribution in [3.63, 3.8) is 0 Å². The Balaban J connectivity index is 2.55. The predicted octanol–water partition coefficient (Wildman–Crippen LogP) is 0.614. The van der Waals surface area contributed by atoms with Gasteiger partial charge in [-0.3, -0.25) is 0 Å². The average molecular weight is 96.2 g/mol. The highest BCUT2D eigenvalue weighted by Crippen LogP contribution is 1.82. The van der Waals surface area contributed by atoms with Crippen LogP contribution in [0.5, 0.6) is 0 Å². The van der Waals surface area contributed by atoms with E-state index < -0.39 is 0 Å². The second-order valence-electron chi connectivity index (χ2n) is 0.231. The van der Waals surface area contributed by atoms with Gasteiger partial charge in [0.05, 0.1) is 5.55 Å². The maximum atomic E-state index is 7.66. The van der Waals surface area contributed by atoms with Crippen molar-refractivity contribution in [2.24, 2.45) is 0 Å². The maximum Gasteiger partial charge on any atom is 0.0654 e. The fraction of sp³-hybridized carbons (Fsp3) is 0. The molecule has 0 aliphatic carbocycles. The van der Waals surface area contributed by atoms with E-state index in [1.165, 1.54) is 0 Å². The zero-order valence-electron chi connectivity index (χ0n) is 1.92. The van der Waals surface area contributed by atoms with Crippen LogP contribution in [-0.4, -0.2) is 10.7 Å². The second-order valence-corrected chi connectivity index (χ2v) is 1.39. The van der Waals surface area contributed by atoms with Crippen LogP contribution in [0.4, 0.5) is 0 Å². The first kappa shape index (κ1) is 4.53. The molecule has 0 aliphatic heterocycles. The fourth-order valence-electron chi connectivity index (χ4n) is 0. The smallest absolute Gasteiger partial charge is 0.0654 e. The largest absolute Gasteiger partial charge is 0.362 e. The summed E-state index contributed by atoms with van der Waals surface area (Å²) in [5.74, 6) is 0. The van der Waals surface area contributed by atoms with Gasteiger partial charge in [0, 0.05) is 0 Å². The predicted molar refractivity (Wildman–Crippen MR) is 26.7 cm³/mol. The van der Waals surface area contributed by atoms with E-state index in [4.69, 9.17) is 5.11 Å². The van der Waals surface area contributed by atoms with Crippen molar-refractivity contribution in [3.8, 4) is 0 Å². The normalized spacial score (nSPS) is 11.5. The van der Waals surface area contributed by atoms with Crippen LogP contribution in [0.15, 0.2) is 0 Å². The number of aliphatic hydroxyl groups excluding tert-OH is 1. The van der Waals surface area contributed by atoms with Crippen molar-refractivity contribution in [2.75, 3.05) is 0 Å². The second kappa shape index (κ2) is 3.53. The van der Waals surface area contributed by atoms with Gasteiger partial charge in [-0.15, -0.1) is 22.0 Å². The molecule has 0 radical (unpaired) electrons. The molecule has 1 nitrogen and oxygen atoms in total. The van der Waals surface area contributed by atoms with Crippen LogP contribution in [0.3, 0.4) is 0 Å². The minimum atomic E-state index is 0.623. The SMILES string of the molecule is OC=[SH]S. The van der Waals surface area contributed by atoms with Gasteiger partial charge >= 0.3 is 0 Å². The monoisotopic (exact) mass is 96.0 g/mol. The third-order valence-electron chi connectivity index (χ3n) is 0.0516. The molecular weight excluding hydrogens is 92.1 g/mol. The zero-order valence-corrected chi connectivity index (χ0v) is 3.71. The van der Waals surface area contributed by atoms with Crippen molar-refractivity contribution < 1.29 is 5.11 Å². The van der Waals surface area contributed by atoms with E-state index in [0.29, 0.717) is 10.4 Å². The standard InChI is InChI=1S/CH4OS2/c2-1-4-3/h1-4H. The third kappa shape index (κ3) is 2.53. The van der Waals surface area contributed by atoms with Gasteiger partial charge in [-0.05, 0) is 0 Å². The molecule has 0 aromatic rings.